The van der Waals surface area contributed by atoms with Crippen LogP contribution < -0.4 is 5.73 Å². The number of nitrogens with two attached hydrogens (primary N) is 1. The second kappa shape index (κ2) is 5.46. The average molecular weight is 303 g/mol. The summed E-state index contributed by atoms with van der Waals surface area (Å²) in [5, 5.41) is 0.461. The summed E-state index contributed by atoms with van der Waals surface area (Å²) in [6.45, 7) is -0.0599. The second-order valence-electron chi connectivity index (χ2n) is 4.38. The Balaban J connectivity index is 1.73. The minimum absolute atomic E-state index is 0.0599. The van der Waals surface area contributed by atoms with Crippen molar-refractivity contribution in [3.63, 3.8) is 0 Å². The molecule has 0 saturated carbocycles. The van der Waals surface area contributed by atoms with E-state index in [2.05, 4.69) is 4.98 Å². The average Bonchev–Trinajstić information content (AvgIpc) is 2.87. The van der Waals surface area contributed by atoms with Gasteiger partial charge in [0, 0.05) is 10.7 Å². The molecule has 0 fully saturated rings. The summed E-state index contributed by atoms with van der Waals surface area (Å²) in [6, 6.07) is 11.9. The third-order valence-corrected chi connectivity index (χ3v) is 3.13. The number of ether oxygens (including phenoxy) is 1. The Bertz CT molecular complexity index is 781. The lowest BCUT2D eigenvalue weighted by Gasteiger charge is -2.05. The zero-order valence-corrected chi connectivity index (χ0v) is 11.6. The van der Waals surface area contributed by atoms with E-state index in [1.165, 1.54) is 12.1 Å². The Morgan fingerprint density at radius 1 is 1.29 bits per heavy atom. The number of oxazole rings is 1. The molecular formula is C15H11ClN2O3. The standard InChI is InChI=1S/C15H11ClN2O3/c16-9-5-6-10(11(17)7-9)15(19)20-8-14-18-12-3-1-2-4-13(12)21-14/h1-7H,8,17H2. The summed E-state index contributed by atoms with van der Waals surface area (Å²) in [6.07, 6.45) is 0. The molecule has 0 radical (unpaired) electrons. The van der Waals surface area contributed by atoms with Crippen molar-refractivity contribution < 1.29 is 13.9 Å². The van der Waals surface area contributed by atoms with Gasteiger partial charge in [-0.1, -0.05) is 23.7 Å². The molecular weight excluding hydrogens is 292 g/mol. The number of hydrogen-bond donors (Lipinski definition) is 1. The van der Waals surface area contributed by atoms with Gasteiger partial charge >= 0.3 is 5.97 Å². The van der Waals surface area contributed by atoms with E-state index in [0.29, 0.717) is 16.5 Å². The van der Waals surface area contributed by atoms with Crippen molar-refractivity contribution in [2.75, 3.05) is 5.73 Å². The lowest BCUT2D eigenvalue weighted by molar-refractivity contribution is 0.0441. The van der Waals surface area contributed by atoms with E-state index in [4.69, 9.17) is 26.5 Å². The van der Waals surface area contributed by atoms with Gasteiger partial charge < -0.3 is 14.9 Å². The first-order valence-corrected chi connectivity index (χ1v) is 6.58. The maximum Gasteiger partial charge on any atom is 0.340 e. The van der Waals surface area contributed by atoms with Crippen LogP contribution in [-0.2, 0) is 11.3 Å². The molecule has 1 heterocycles. The number of nitrogens with zero attached hydrogens (tertiary/aromatic N) is 1. The second-order valence-corrected chi connectivity index (χ2v) is 4.82. The number of anilines is 1. The first kappa shape index (κ1) is 13.5. The number of fused-ring (bicyclic) bond motifs is 1. The van der Waals surface area contributed by atoms with Crippen molar-refractivity contribution >= 4 is 34.4 Å². The molecule has 0 amide bonds. The van der Waals surface area contributed by atoms with Crippen molar-refractivity contribution in [2.24, 2.45) is 0 Å². The molecule has 0 spiro atoms. The number of carbonyl (C=O) groups is 1. The molecule has 6 heteroatoms. The number of aromatic nitrogens is 1. The highest BCUT2D eigenvalue weighted by atomic mass is 35.5. The van der Waals surface area contributed by atoms with Gasteiger partial charge in [0.25, 0.3) is 0 Å². The van der Waals surface area contributed by atoms with Gasteiger partial charge in [-0.25, -0.2) is 9.78 Å². The monoisotopic (exact) mass is 302 g/mol. The number of nitrogen functional groups attached to an aromatic ring is 1. The highest BCUT2D eigenvalue weighted by molar-refractivity contribution is 6.31. The van der Waals surface area contributed by atoms with Gasteiger partial charge in [0.05, 0.1) is 5.56 Å². The maximum absolute atomic E-state index is 12.0. The summed E-state index contributed by atoms with van der Waals surface area (Å²) < 4.78 is 10.6. The fourth-order valence-corrected chi connectivity index (χ4v) is 2.09. The van der Waals surface area contributed by atoms with E-state index in [-0.39, 0.29) is 17.9 Å². The minimum Gasteiger partial charge on any atom is -0.452 e. The molecule has 0 aliphatic carbocycles. The van der Waals surface area contributed by atoms with Crippen molar-refractivity contribution in [1.82, 2.24) is 4.98 Å². The third kappa shape index (κ3) is 2.83. The fraction of sp³-hybridized carbons (Fsp3) is 0.0667. The van der Waals surface area contributed by atoms with Gasteiger partial charge in [0.15, 0.2) is 12.2 Å². The molecule has 106 valence electrons. The van der Waals surface area contributed by atoms with Gasteiger partial charge in [-0.15, -0.1) is 0 Å². The number of halogens is 1. The van der Waals surface area contributed by atoms with Crippen molar-refractivity contribution in [3.05, 3.63) is 58.9 Å². The van der Waals surface area contributed by atoms with Crippen LogP contribution in [-0.4, -0.2) is 11.0 Å². The normalized spacial score (nSPS) is 10.7. The largest absolute Gasteiger partial charge is 0.452 e. The van der Waals surface area contributed by atoms with E-state index in [1.807, 2.05) is 18.2 Å². The Morgan fingerprint density at radius 2 is 2.10 bits per heavy atom. The summed E-state index contributed by atoms with van der Waals surface area (Å²) >= 11 is 5.78. The molecule has 0 unspecified atom stereocenters. The summed E-state index contributed by atoms with van der Waals surface area (Å²) in [5.41, 5.74) is 7.62. The lowest BCUT2D eigenvalue weighted by Crippen LogP contribution is -2.08. The topological polar surface area (TPSA) is 78.4 Å². The van der Waals surface area contributed by atoms with Gasteiger partial charge in [0.1, 0.15) is 5.52 Å². The molecule has 0 aliphatic heterocycles. The smallest absolute Gasteiger partial charge is 0.340 e. The van der Waals surface area contributed by atoms with E-state index >= 15 is 0 Å². The number of esters is 1. The molecule has 5 nitrogen and oxygen atoms in total. The van der Waals surface area contributed by atoms with Crippen LogP contribution in [0.3, 0.4) is 0 Å². The molecule has 2 aromatic carbocycles. The Hall–Kier alpha value is -2.53. The summed E-state index contributed by atoms with van der Waals surface area (Å²) in [5.74, 6) is -0.219. The van der Waals surface area contributed by atoms with E-state index < -0.39 is 5.97 Å². The first-order valence-electron chi connectivity index (χ1n) is 6.20. The highest BCUT2D eigenvalue weighted by Crippen LogP contribution is 2.20. The van der Waals surface area contributed by atoms with Gasteiger partial charge in [-0.2, -0.15) is 0 Å². The van der Waals surface area contributed by atoms with Gasteiger partial charge in [-0.3, -0.25) is 0 Å². The number of benzene rings is 2. The number of para-hydroxylation sites is 2. The number of rotatable bonds is 3. The molecule has 0 aliphatic rings. The van der Waals surface area contributed by atoms with E-state index in [1.54, 1.807) is 12.1 Å². The van der Waals surface area contributed by atoms with Crippen LogP contribution >= 0.6 is 11.6 Å². The molecule has 21 heavy (non-hydrogen) atoms. The van der Waals surface area contributed by atoms with E-state index in [9.17, 15) is 4.79 Å². The Morgan fingerprint density at radius 3 is 2.86 bits per heavy atom. The van der Waals surface area contributed by atoms with Gasteiger partial charge in [0.2, 0.25) is 5.89 Å². The Kier molecular flexibility index (Phi) is 3.50. The summed E-state index contributed by atoms with van der Waals surface area (Å²) in [7, 11) is 0. The number of carbonyl (C=O) groups excluding carboxylic acids is 1. The lowest BCUT2D eigenvalue weighted by atomic mass is 10.2. The predicted octanol–water partition coefficient (Wildman–Crippen LogP) is 3.42. The SMILES string of the molecule is Nc1cc(Cl)ccc1C(=O)OCc1nc2ccccc2o1. The number of hydrogen-bond acceptors (Lipinski definition) is 5. The van der Waals surface area contributed by atoms with Crippen LogP contribution in [0.4, 0.5) is 5.69 Å². The Labute approximate surface area is 125 Å². The maximum atomic E-state index is 12.0. The molecule has 0 saturated heterocycles. The van der Waals surface area contributed by atoms with E-state index in [0.717, 1.165) is 5.52 Å². The first-order chi connectivity index (χ1) is 10.1. The van der Waals surface area contributed by atoms with Gasteiger partial charge in [-0.05, 0) is 30.3 Å². The van der Waals surface area contributed by atoms with Crippen LogP contribution in [0.2, 0.25) is 5.02 Å². The third-order valence-electron chi connectivity index (χ3n) is 2.90. The quantitative estimate of drug-likeness (QED) is 0.592. The molecule has 0 bridgehead atoms. The molecule has 0 atom stereocenters. The van der Waals surface area contributed by atoms with Crippen LogP contribution in [0.25, 0.3) is 11.1 Å². The van der Waals surface area contributed by atoms with Crippen molar-refractivity contribution in [3.8, 4) is 0 Å². The minimum atomic E-state index is -0.550. The highest BCUT2D eigenvalue weighted by Gasteiger charge is 2.13. The molecule has 3 aromatic rings. The molecule has 3 rings (SSSR count). The van der Waals surface area contributed by atoms with Crippen LogP contribution in [0.5, 0.6) is 0 Å². The zero-order valence-electron chi connectivity index (χ0n) is 10.9. The van der Waals surface area contributed by atoms with Crippen LogP contribution in [0.1, 0.15) is 16.2 Å². The molecule has 1 aromatic heterocycles. The van der Waals surface area contributed by atoms with Crippen LogP contribution in [0.15, 0.2) is 46.9 Å². The zero-order chi connectivity index (χ0) is 14.8. The fourth-order valence-electron chi connectivity index (χ4n) is 1.91. The summed E-state index contributed by atoms with van der Waals surface area (Å²) in [4.78, 5) is 16.2. The van der Waals surface area contributed by atoms with Crippen molar-refractivity contribution in [1.29, 1.82) is 0 Å². The van der Waals surface area contributed by atoms with Crippen LogP contribution in [0, 0.1) is 0 Å². The predicted molar refractivity (Wildman–Crippen MR) is 79.0 cm³/mol. The molecule has 2 N–H and O–H groups in total. The van der Waals surface area contributed by atoms with Crippen molar-refractivity contribution in [2.45, 2.75) is 6.61 Å².